The van der Waals surface area contributed by atoms with Crippen LogP contribution in [0, 0.1) is 11.8 Å². The van der Waals surface area contributed by atoms with Crippen LogP contribution in [0.5, 0.6) is 0 Å². The number of Topliss-reactive ketones (excluding diaryl/α,β-unsaturated/α-hetero) is 1. The Morgan fingerprint density at radius 3 is 2.35 bits per heavy atom. The first-order valence-electron chi connectivity index (χ1n) is 11.5. The van der Waals surface area contributed by atoms with Gasteiger partial charge < -0.3 is 10.6 Å². The number of hydrogen-bond donors (Lipinski definition) is 1. The minimum Gasteiger partial charge on any atom is -0.384 e. The van der Waals surface area contributed by atoms with Crippen LogP contribution in [0.2, 0.25) is 5.02 Å². The molecule has 2 aliphatic heterocycles. The number of amides is 1. The van der Waals surface area contributed by atoms with Crippen LogP contribution in [-0.4, -0.2) is 57.6 Å². The maximum absolute atomic E-state index is 13.1. The van der Waals surface area contributed by atoms with E-state index in [1.54, 1.807) is 6.20 Å². The summed E-state index contributed by atoms with van der Waals surface area (Å²) in [7, 11) is 0. The number of anilines is 1. The van der Waals surface area contributed by atoms with E-state index in [1.807, 2.05) is 17.0 Å². The summed E-state index contributed by atoms with van der Waals surface area (Å²) in [6.45, 7) is 3.46. The molecule has 2 aliphatic rings. The summed E-state index contributed by atoms with van der Waals surface area (Å²) in [5, 5.41) is -0.0532. The van der Waals surface area contributed by atoms with Crippen molar-refractivity contribution in [1.82, 2.24) is 19.8 Å². The summed E-state index contributed by atoms with van der Waals surface area (Å²) >= 11 is 6.04. The second-order valence-electron chi connectivity index (χ2n) is 9.00. The third kappa shape index (κ3) is 5.70. The Balaban J connectivity index is 1.26. The molecule has 0 spiro atoms. The zero-order valence-corrected chi connectivity index (χ0v) is 19.6. The van der Waals surface area contributed by atoms with Crippen LogP contribution >= 0.6 is 11.6 Å². The highest BCUT2D eigenvalue weighted by Gasteiger charge is 2.33. The highest BCUT2D eigenvalue weighted by atomic mass is 35.5. The molecule has 0 radical (unpaired) electrons. The Hall–Kier alpha value is -2.65. The largest absolute Gasteiger partial charge is 0.384 e. The number of nitrogens with two attached hydrogens (primary N) is 1. The molecular weight excluding hydrogens is 464 g/mol. The number of pyridine rings is 2. The summed E-state index contributed by atoms with van der Waals surface area (Å²) < 4.78 is 25.6. The van der Waals surface area contributed by atoms with Crippen molar-refractivity contribution < 1.29 is 18.4 Å². The zero-order chi connectivity index (χ0) is 24.2. The summed E-state index contributed by atoms with van der Waals surface area (Å²) in [5.74, 6) is 0.0805. The fraction of sp³-hybridized carbons (Fsp3) is 0.500. The molecule has 34 heavy (non-hydrogen) atoms. The highest BCUT2D eigenvalue weighted by Crippen LogP contribution is 2.29. The Morgan fingerprint density at radius 2 is 1.74 bits per heavy atom. The minimum absolute atomic E-state index is 0.0102. The quantitative estimate of drug-likeness (QED) is 0.614. The molecule has 0 unspecified atom stereocenters. The third-order valence-electron chi connectivity index (χ3n) is 6.71. The lowest BCUT2D eigenvalue weighted by atomic mass is 9.88. The van der Waals surface area contributed by atoms with Crippen LogP contribution in [0.4, 0.5) is 14.6 Å². The molecule has 7 nitrogen and oxygen atoms in total. The van der Waals surface area contributed by atoms with Gasteiger partial charge in [0.1, 0.15) is 11.5 Å². The van der Waals surface area contributed by atoms with Crippen LogP contribution in [0.15, 0.2) is 30.6 Å². The number of rotatable bonds is 6. The summed E-state index contributed by atoms with van der Waals surface area (Å²) in [6, 6.07) is 4.93. The number of carbonyl (C=O) groups is 2. The number of alkyl halides is 2. The van der Waals surface area contributed by atoms with Crippen LogP contribution in [0.25, 0.3) is 0 Å². The normalized spacial score (nSPS) is 18.4. The summed E-state index contributed by atoms with van der Waals surface area (Å²) in [4.78, 5) is 38.0. The SMILES string of the molecule is Nc1cc(CN2CCC(C(=O)N3CCC(C(=O)c4ncc(C(F)F)cc4Cl)CC3)CC2)ccn1. The Bertz CT molecular complexity index is 1040. The smallest absolute Gasteiger partial charge is 0.265 e. The van der Waals surface area contributed by atoms with Crippen LogP contribution in [0.3, 0.4) is 0 Å². The van der Waals surface area contributed by atoms with E-state index in [2.05, 4.69) is 14.9 Å². The number of aromatic nitrogens is 2. The zero-order valence-electron chi connectivity index (χ0n) is 18.8. The second kappa shape index (κ2) is 10.7. The summed E-state index contributed by atoms with van der Waals surface area (Å²) in [5.41, 5.74) is 6.59. The number of halogens is 3. The lowest BCUT2D eigenvalue weighted by molar-refractivity contribution is -0.138. The van der Waals surface area contributed by atoms with Gasteiger partial charge in [-0.15, -0.1) is 0 Å². The van der Waals surface area contributed by atoms with Gasteiger partial charge in [0.2, 0.25) is 5.91 Å². The molecule has 0 bridgehead atoms. The van der Waals surface area contributed by atoms with Gasteiger partial charge in [-0.25, -0.2) is 13.8 Å². The Morgan fingerprint density at radius 1 is 1.06 bits per heavy atom. The number of nitrogens with zero attached hydrogens (tertiary/aromatic N) is 4. The van der Waals surface area contributed by atoms with Crippen molar-refractivity contribution >= 4 is 29.1 Å². The second-order valence-corrected chi connectivity index (χ2v) is 9.41. The lowest BCUT2D eigenvalue weighted by Crippen LogP contribution is -2.46. The predicted octanol–water partition coefficient (Wildman–Crippen LogP) is 3.98. The molecule has 2 saturated heterocycles. The lowest BCUT2D eigenvalue weighted by Gasteiger charge is -2.37. The van der Waals surface area contributed by atoms with Gasteiger partial charge in [-0.3, -0.25) is 19.5 Å². The molecule has 0 saturated carbocycles. The molecule has 2 aromatic rings. The topological polar surface area (TPSA) is 92.4 Å². The Kier molecular flexibility index (Phi) is 7.73. The van der Waals surface area contributed by atoms with E-state index in [-0.39, 0.29) is 39.8 Å². The average molecular weight is 492 g/mol. The van der Waals surface area contributed by atoms with Gasteiger partial charge in [-0.1, -0.05) is 11.6 Å². The predicted molar refractivity (Wildman–Crippen MR) is 124 cm³/mol. The number of piperidine rings is 2. The van der Waals surface area contributed by atoms with E-state index >= 15 is 0 Å². The number of carbonyl (C=O) groups excluding carboxylic acids is 2. The van der Waals surface area contributed by atoms with Gasteiger partial charge in [-0.2, -0.15) is 0 Å². The van der Waals surface area contributed by atoms with E-state index in [0.29, 0.717) is 31.7 Å². The molecule has 0 atom stereocenters. The number of hydrogen-bond acceptors (Lipinski definition) is 6. The van der Waals surface area contributed by atoms with Crippen molar-refractivity contribution in [2.45, 2.75) is 38.7 Å². The van der Waals surface area contributed by atoms with Crippen molar-refractivity contribution in [3.05, 3.63) is 52.4 Å². The van der Waals surface area contributed by atoms with Gasteiger partial charge in [0.05, 0.1) is 5.02 Å². The minimum atomic E-state index is -2.69. The van der Waals surface area contributed by atoms with Crippen LogP contribution in [0.1, 0.15) is 53.7 Å². The van der Waals surface area contributed by atoms with E-state index in [9.17, 15) is 18.4 Å². The standard InChI is InChI=1S/C24H28ClF2N5O2/c25-19-12-18(23(26)27)13-30-21(19)22(33)16-4-9-32(10-5-16)24(34)17-2-7-31(8-3-17)14-15-1-6-29-20(28)11-15/h1,6,11-13,16-17,23H,2-5,7-10,14H2,(H2,28,29). The third-order valence-corrected chi connectivity index (χ3v) is 7.00. The summed E-state index contributed by atoms with van der Waals surface area (Å²) in [6.07, 6.45) is 2.64. The van der Waals surface area contributed by atoms with E-state index in [4.69, 9.17) is 17.3 Å². The fourth-order valence-electron chi connectivity index (χ4n) is 4.76. The number of ketones is 1. The molecule has 2 aromatic heterocycles. The monoisotopic (exact) mass is 491 g/mol. The van der Waals surface area contributed by atoms with Gasteiger partial charge >= 0.3 is 0 Å². The fourth-order valence-corrected chi connectivity index (χ4v) is 5.02. The molecular formula is C24H28ClF2N5O2. The van der Waals surface area contributed by atoms with Crippen LogP contribution in [-0.2, 0) is 11.3 Å². The molecule has 182 valence electrons. The van der Waals surface area contributed by atoms with E-state index < -0.39 is 6.43 Å². The average Bonchev–Trinajstić information content (AvgIpc) is 2.84. The molecule has 10 heteroatoms. The number of likely N-dealkylation sites (tertiary alicyclic amines) is 2. The first-order chi connectivity index (χ1) is 16.3. The van der Waals surface area contributed by atoms with Crippen LogP contribution < -0.4 is 5.73 Å². The van der Waals surface area contributed by atoms with Gasteiger partial charge in [-0.05, 0) is 62.5 Å². The molecule has 2 fully saturated rings. The van der Waals surface area contributed by atoms with Crippen molar-refractivity contribution in [3.63, 3.8) is 0 Å². The van der Waals surface area contributed by atoms with Gasteiger partial charge in [0.25, 0.3) is 6.43 Å². The molecule has 0 aliphatic carbocycles. The van der Waals surface area contributed by atoms with Gasteiger partial charge in [0.15, 0.2) is 5.78 Å². The van der Waals surface area contributed by atoms with Crippen molar-refractivity contribution in [1.29, 1.82) is 0 Å². The van der Waals surface area contributed by atoms with Crippen molar-refractivity contribution in [3.8, 4) is 0 Å². The Labute approximate surface area is 202 Å². The first kappa shape index (κ1) is 24.5. The molecule has 0 aromatic carbocycles. The molecule has 4 rings (SSSR count). The number of nitrogen functional groups attached to an aromatic ring is 1. The van der Waals surface area contributed by atoms with Crippen molar-refractivity contribution in [2.24, 2.45) is 11.8 Å². The maximum atomic E-state index is 13.1. The van der Waals surface area contributed by atoms with Gasteiger partial charge in [0, 0.05) is 49.4 Å². The maximum Gasteiger partial charge on any atom is 0.265 e. The molecule has 4 heterocycles. The molecule has 1 amide bonds. The van der Waals surface area contributed by atoms with E-state index in [0.717, 1.165) is 50.3 Å². The van der Waals surface area contributed by atoms with Crippen molar-refractivity contribution in [2.75, 3.05) is 31.9 Å². The highest BCUT2D eigenvalue weighted by molar-refractivity contribution is 6.33. The first-order valence-corrected chi connectivity index (χ1v) is 11.9. The van der Waals surface area contributed by atoms with E-state index in [1.165, 1.54) is 0 Å². The molecule has 2 N–H and O–H groups in total.